The van der Waals surface area contributed by atoms with Crippen molar-refractivity contribution in [3.05, 3.63) is 29.3 Å². The van der Waals surface area contributed by atoms with Crippen molar-refractivity contribution in [1.82, 2.24) is 5.32 Å². The number of anilines is 1. The Morgan fingerprint density at radius 1 is 1.38 bits per heavy atom. The second-order valence-electron chi connectivity index (χ2n) is 3.21. The molecular formula is C11H15ClN2O2. The van der Waals surface area contributed by atoms with Crippen LogP contribution >= 0.6 is 11.6 Å². The van der Waals surface area contributed by atoms with Gasteiger partial charge in [-0.25, -0.2) is 0 Å². The molecule has 0 aliphatic rings. The van der Waals surface area contributed by atoms with Gasteiger partial charge in [0.1, 0.15) is 6.61 Å². The molecule has 0 bridgehead atoms. The molecule has 0 heterocycles. The highest BCUT2D eigenvalue weighted by Crippen LogP contribution is 2.12. The number of amides is 1. The van der Waals surface area contributed by atoms with Gasteiger partial charge in [-0.3, -0.25) is 4.79 Å². The molecule has 88 valence electrons. The third-order valence-electron chi connectivity index (χ3n) is 1.86. The van der Waals surface area contributed by atoms with E-state index in [0.717, 1.165) is 6.54 Å². The van der Waals surface area contributed by atoms with E-state index in [0.29, 0.717) is 17.3 Å². The quantitative estimate of drug-likeness (QED) is 0.744. The number of carbonyl (C=O) groups is 1. The third-order valence-corrected chi connectivity index (χ3v) is 2.11. The molecule has 4 nitrogen and oxygen atoms in total. The minimum absolute atomic E-state index is 0.0598. The summed E-state index contributed by atoms with van der Waals surface area (Å²) in [5, 5.41) is 6.27. The standard InChI is InChI=1S/C11H15ClN2O2/c1-13-6-7-16-8-11(15)14-10-4-2-9(12)3-5-10/h2-5,13H,6-8H2,1H3,(H,14,15). The van der Waals surface area contributed by atoms with Crippen molar-refractivity contribution < 1.29 is 9.53 Å². The van der Waals surface area contributed by atoms with Crippen molar-refractivity contribution in [3.8, 4) is 0 Å². The van der Waals surface area contributed by atoms with Crippen molar-refractivity contribution >= 4 is 23.2 Å². The minimum Gasteiger partial charge on any atom is -0.370 e. The molecule has 0 radical (unpaired) electrons. The molecule has 0 spiro atoms. The predicted molar refractivity (Wildman–Crippen MR) is 64.8 cm³/mol. The van der Waals surface area contributed by atoms with Gasteiger partial charge in [0.15, 0.2) is 0 Å². The number of carbonyl (C=O) groups excluding carboxylic acids is 1. The fraction of sp³-hybridized carbons (Fsp3) is 0.364. The summed E-state index contributed by atoms with van der Waals surface area (Å²) in [5.74, 6) is -0.168. The Kier molecular flexibility index (Phi) is 5.85. The van der Waals surface area contributed by atoms with Crippen LogP contribution in [0.25, 0.3) is 0 Å². The highest BCUT2D eigenvalue weighted by molar-refractivity contribution is 6.30. The SMILES string of the molecule is CNCCOCC(=O)Nc1ccc(Cl)cc1. The molecule has 1 rings (SSSR count). The van der Waals surface area contributed by atoms with Crippen molar-refractivity contribution in [1.29, 1.82) is 0 Å². The van der Waals surface area contributed by atoms with E-state index in [4.69, 9.17) is 16.3 Å². The van der Waals surface area contributed by atoms with Gasteiger partial charge < -0.3 is 15.4 Å². The van der Waals surface area contributed by atoms with E-state index in [9.17, 15) is 4.79 Å². The van der Waals surface area contributed by atoms with E-state index in [2.05, 4.69) is 10.6 Å². The fourth-order valence-corrected chi connectivity index (χ4v) is 1.20. The Morgan fingerprint density at radius 3 is 2.69 bits per heavy atom. The summed E-state index contributed by atoms with van der Waals surface area (Å²) >= 11 is 5.72. The lowest BCUT2D eigenvalue weighted by Gasteiger charge is -2.06. The number of hydrogen-bond acceptors (Lipinski definition) is 3. The van der Waals surface area contributed by atoms with Crippen LogP contribution in [-0.2, 0) is 9.53 Å². The third kappa shape index (κ3) is 5.11. The van der Waals surface area contributed by atoms with Gasteiger partial charge in [0.2, 0.25) is 5.91 Å². The van der Waals surface area contributed by atoms with E-state index >= 15 is 0 Å². The first kappa shape index (κ1) is 13.0. The van der Waals surface area contributed by atoms with Gasteiger partial charge in [-0.05, 0) is 31.3 Å². The maximum Gasteiger partial charge on any atom is 0.250 e. The van der Waals surface area contributed by atoms with Crippen LogP contribution < -0.4 is 10.6 Å². The van der Waals surface area contributed by atoms with Crippen LogP contribution in [0.15, 0.2) is 24.3 Å². The first-order valence-corrected chi connectivity index (χ1v) is 5.38. The Morgan fingerprint density at radius 2 is 2.06 bits per heavy atom. The molecule has 1 aromatic carbocycles. The Balaban J connectivity index is 2.26. The first-order chi connectivity index (χ1) is 7.72. The minimum atomic E-state index is -0.168. The van der Waals surface area contributed by atoms with Crippen LogP contribution in [0.1, 0.15) is 0 Å². The van der Waals surface area contributed by atoms with E-state index in [1.54, 1.807) is 24.3 Å². The molecule has 0 unspecified atom stereocenters. The lowest BCUT2D eigenvalue weighted by Crippen LogP contribution is -2.21. The first-order valence-electron chi connectivity index (χ1n) is 5.00. The van der Waals surface area contributed by atoms with Crippen molar-refractivity contribution in [2.45, 2.75) is 0 Å². The number of rotatable bonds is 6. The number of likely N-dealkylation sites (N-methyl/N-ethyl adjacent to an activating group) is 1. The lowest BCUT2D eigenvalue weighted by molar-refractivity contribution is -0.120. The average molecular weight is 243 g/mol. The monoisotopic (exact) mass is 242 g/mol. The van der Waals surface area contributed by atoms with Gasteiger partial charge in [-0.2, -0.15) is 0 Å². The van der Waals surface area contributed by atoms with Crippen molar-refractivity contribution in [3.63, 3.8) is 0 Å². The maximum absolute atomic E-state index is 11.4. The highest BCUT2D eigenvalue weighted by Gasteiger charge is 2.01. The summed E-state index contributed by atoms with van der Waals surface area (Å²) in [6.07, 6.45) is 0. The summed E-state index contributed by atoms with van der Waals surface area (Å²) in [7, 11) is 1.83. The molecule has 0 atom stereocenters. The zero-order valence-electron chi connectivity index (χ0n) is 9.13. The lowest BCUT2D eigenvalue weighted by atomic mass is 10.3. The molecule has 0 saturated heterocycles. The molecule has 1 aromatic rings. The van der Waals surface area contributed by atoms with Crippen LogP contribution in [0.3, 0.4) is 0 Å². The van der Waals surface area contributed by atoms with Crippen LogP contribution in [0, 0.1) is 0 Å². The number of ether oxygens (including phenoxy) is 1. The largest absolute Gasteiger partial charge is 0.370 e. The van der Waals surface area contributed by atoms with Gasteiger partial charge in [0, 0.05) is 17.3 Å². The highest BCUT2D eigenvalue weighted by atomic mass is 35.5. The second kappa shape index (κ2) is 7.22. The molecule has 0 fully saturated rings. The molecular weight excluding hydrogens is 228 g/mol. The van der Waals surface area contributed by atoms with E-state index < -0.39 is 0 Å². The van der Waals surface area contributed by atoms with E-state index in [1.165, 1.54) is 0 Å². The predicted octanol–water partition coefficient (Wildman–Crippen LogP) is 1.51. The maximum atomic E-state index is 11.4. The summed E-state index contributed by atoms with van der Waals surface area (Å²) < 4.78 is 5.13. The van der Waals surface area contributed by atoms with E-state index in [1.807, 2.05) is 7.05 Å². The van der Waals surface area contributed by atoms with Crippen LogP contribution in [0.5, 0.6) is 0 Å². The van der Waals surface area contributed by atoms with Crippen molar-refractivity contribution in [2.75, 3.05) is 32.1 Å². The number of hydrogen-bond donors (Lipinski definition) is 2. The number of benzene rings is 1. The topological polar surface area (TPSA) is 50.4 Å². The molecule has 0 aliphatic heterocycles. The van der Waals surface area contributed by atoms with Crippen molar-refractivity contribution in [2.24, 2.45) is 0 Å². The normalized spacial score (nSPS) is 10.1. The molecule has 0 aromatic heterocycles. The summed E-state index contributed by atoms with van der Waals surface area (Å²) in [5.41, 5.74) is 0.714. The number of nitrogens with one attached hydrogen (secondary N) is 2. The van der Waals surface area contributed by atoms with Gasteiger partial charge in [0.25, 0.3) is 0 Å². The zero-order chi connectivity index (χ0) is 11.8. The van der Waals surface area contributed by atoms with Gasteiger partial charge in [-0.15, -0.1) is 0 Å². The number of halogens is 1. The zero-order valence-corrected chi connectivity index (χ0v) is 9.88. The molecule has 1 amide bonds. The molecule has 0 saturated carbocycles. The smallest absolute Gasteiger partial charge is 0.250 e. The fourth-order valence-electron chi connectivity index (χ4n) is 1.07. The Labute approximate surface area is 99.9 Å². The van der Waals surface area contributed by atoms with Gasteiger partial charge in [0.05, 0.1) is 6.61 Å². The van der Waals surface area contributed by atoms with E-state index in [-0.39, 0.29) is 12.5 Å². The molecule has 5 heteroatoms. The van der Waals surface area contributed by atoms with Crippen LogP contribution in [0.4, 0.5) is 5.69 Å². The summed E-state index contributed by atoms with van der Waals surface area (Å²) in [6, 6.07) is 6.93. The molecule has 0 aliphatic carbocycles. The molecule has 16 heavy (non-hydrogen) atoms. The average Bonchev–Trinajstić information content (AvgIpc) is 2.28. The Hall–Kier alpha value is -1.10. The second-order valence-corrected chi connectivity index (χ2v) is 3.65. The molecule has 2 N–H and O–H groups in total. The van der Waals surface area contributed by atoms with Crippen LogP contribution in [0.2, 0.25) is 5.02 Å². The summed E-state index contributed by atoms with van der Waals surface area (Å²) in [4.78, 5) is 11.4. The summed E-state index contributed by atoms with van der Waals surface area (Å²) in [6.45, 7) is 1.31. The van der Waals surface area contributed by atoms with Gasteiger partial charge >= 0.3 is 0 Å². The Bertz CT molecular complexity index is 327. The van der Waals surface area contributed by atoms with Gasteiger partial charge in [-0.1, -0.05) is 11.6 Å². The van der Waals surface area contributed by atoms with Crippen LogP contribution in [-0.4, -0.2) is 32.7 Å².